The van der Waals surface area contributed by atoms with Crippen molar-refractivity contribution in [1.29, 1.82) is 0 Å². The van der Waals surface area contributed by atoms with E-state index in [1.54, 1.807) is 0 Å². The van der Waals surface area contributed by atoms with Gasteiger partial charge in [-0.15, -0.1) is 0 Å². The molecule has 1 N–H and O–H groups in total. The lowest BCUT2D eigenvalue weighted by Gasteiger charge is -2.22. The lowest BCUT2D eigenvalue weighted by Crippen LogP contribution is -2.21. The van der Waals surface area contributed by atoms with Gasteiger partial charge in [0.05, 0.1) is 0 Å². The van der Waals surface area contributed by atoms with Crippen LogP contribution in [0.25, 0.3) is 0 Å². The largest absolute Gasteiger partial charge is 0.308 e. The summed E-state index contributed by atoms with van der Waals surface area (Å²) in [6, 6.07) is 1.90. The maximum absolute atomic E-state index is 3.62. The van der Waals surface area contributed by atoms with E-state index in [1.807, 2.05) is 0 Å². The molecule has 0 radical (unpaired) electrons. The Hall–Kier alpha value is -0.0400. The molecule has 2 aliphatic carbocycles. The van der Waals surface area contributed by atoms with Gasteiger partial charge in [0.2, 0.25) is 0 Å². The SMILES string of the molecule is CC1CC2C3N[C@H]3CC[C@@H]2C1. The van der Waals surface area contributed by atoms with Gasteiger partial charge in [0.25, 0.3) is 0 Å². The quantitative estimate of drug-likeness (QED) is 0.524. The second-order valence-electron chi connectivity index (χ2n) is 4.88. The first-order valence-electron chi connectivity index (χ1n) is 5.10. The van der Waals surface area contributed by atoms with E-state index in [-0.39, 0.29) is 0 Å². The van der Waals surface area contributed by atoms with Crippen molar-refractivity contribution < 1.29 is 0 Å². The minimum Gasteiger partial charge on any atom is -0.308 e. The Bertz CT molecular complexity index is 178. The summed E-state index contributed by atoms with van der Waals surface area (Å²) in [7, 11) is 0. The minimum absolute atomic E-state index is 0.946. The van der Waals surface area contributed by atoms with Crippen LogP contribution in [0.2, 0.25) is 0 Å². The normalized spacial score (nSPS) is 60.3. The van der Waals surface area contributed by atoms with Crippen LogP contribution in [0.3, 0.4) is 0 Å². The van der Waals surface area contributed by atoms with Crippen molar-refractivity contribution in [1.82, 2.24) is 5.32 Å². The first-order chi connectivity index (χ1) is 5.34. The molecule has 11 heavy (non-hydrogen) atoms. The van der Waals surface area contributed by atoms with Crippen LogP contribution in [-0.2, 0) is 0 Å². The van der Waals surface area contributed by atoms with Crippen LogP contribution in [0.4, 0.5) is 0 Å². The van der Waals surface area contributed by atoms with Crippen LogP contribution in [0.5, 0.6) is 0 Å². The standard InChI is InChI=1S/C10H17N/c1-6-4-7-2-3-9-10(11-9)8(7)5-6/h6-11H,2-5H2,1H3/t6?,7-,8?,9+,10?/m1/s1. The molecular weight excluding hydrogens is 134 g/mol. The van der Waals surface area contributed by atoms with E-state index in [4.69, 9.17) is 0 Å². The van der Waals surface area contributed by atoms with Gasteiger partial charge >= 0.3 is 0 Å². The Labute approximate surface area is 68.6 Å². The summed E-state index contributed by atoms with van der Waals surface area (Å²) in [6.45, 7) is 2.43. The van der Waals surface area contributed by atoms with Crippen LogP contribution in [0.1, 0.15) is 32.6 Å². The molecule has 5 atom stereocenters. The number of hydrogen-bond donors (Lipinski definition) is 1. The zero-order valence-corrected chi connectivity index (χ0v) is 7.22. The van der Waals surface area contributed by atoms with Crippen molar-refractivity contribution in [2.75, 3.05) is 0 Å². The van der Waals surface area contributed by atoms with E-state index >= 15 is 0 Å². The minimum atomic E-state index is 0.946. The third-order valence-electron chi connectivity index (χ3n) is 4.03. The van der Waals surface area contributed by atoms with Gasteiger partial charge in [0, 0.05) is 12.1 Å². The zero-order chi connectivity index (χ0) is 7.42. The van der Waals surface area contributed by atoms with Crippen molar-refractivity contribution in [2.45, 2.75) is 44.7 Å². The number of rotatable bonds is 0. The summed E-state index contributed by atoms with van der Waals surface area (Å²) in [5.41, 5.74) is 0. The molecule has 1 heterocycles. The molecule has 62 valence electrons. The Balaban J connectivity index is 1.80. The molecule has 0 bridgehead atoms. The summed E-state index contributed by atoms with van der Waals surface area (Å²) in [5, 5.41) is 3.62. The average molecular weight is 151 g/mol. The van der Waals surface area contributed by atoms with Crippen molar-refractivity contribution in [3.63, 3.8) is 0 Å². The van der Waals surface area contributed by atoms with Crippen LogP contribution in [-0.4, -0.2) is 12.1 Å². The van der Waals surface area contributed by atoms with Gasteiger partial charge < -0.3 is 5.32 Å². The fourth-order valence-electron chi connectivity index (χ4n) is 3.49. The lowest BCUT2D eigenvalue weighted by molar-refractivity contribution is 0.314. The van der Waals surface area contributed by atoms with E-state index < -0.39 is 0 Å². The number of nitrogens with one attached hydrogen (secondary N) is 1. The molecule has 0 aromatic heterocycles. The molecule has 0 aromatic rings. The number of fused-ring (bicyclic) bond motifs is 3. The topological polar surface area (TPSA) is 21.9 Å². The van der Waals surface area contributed by atoms with Crippen molar-refractivity contribution in [3.05, 3.63) is 0 Å². The summed E-state index contributed by atoms with van der Waals surface area (Å²) in [4.78, 5) is 0. The van der Waals surface area contributed by atoms with Gasteiger partial charge in [0.1, 0.15) is 0 Å². The van der Waals surface area contributed by atoms with Crippen molar-refractivity contribution >= 4 is 0 Å². The van der Waals surface area contributed by atoms with Gasteiger partial charge in [0.15, 0.2) is 0 Å². The van der Waals surface area contributed by atoms with Gasteiger partial charge in [-0.25, -0.2) is 0 Å². The first kappa shape index (κ1) is 6.47. The molecule has 3 unspecified atom stereocenters. The first-order valence-corrected chi connectivity index (χ1v) is 5.10. The van der Waals surface area contributed by atoms with Crippen LogP contribution < -0.4 is 5.32 Å². The number of hydrogen-bond acceptors (Lipinski definition) is 1. The predicted molar refractivity (Wildman–Crippen MR) is 45.3 cm³/mol. The maximum Gasteiger partial charge on any atom is 0.0255 e. The molecule has 0 spiro atoms. The zero-order valence-electron chi connectivity index (χ0n) is 7.22. The molecular formula is C10H17N. The van der Waals surface area contributed by atoms with E-state index in [9.17, 15) is 0 Å². The molecule has 1 saturated heterocycles. The van der Waals surface area contributed by atoms with Crippen molar-refractivity contribution in [3.8, 4) is 0 Å². The molecule has 3 fully saturated rings. The monoisotopic (exact) mass is 151 g/mol. The Morgan fingerprint density at radius 3 is 3.00 bits per heavy atom. The highest BCUT2D eigenvalue weighted by Gasteiger charge is 2.51. The summed E-state index contributed by atoms with van der Waals surface area (Å²) < 4.78 is 0. The molecule has 0 amide bonds. The van der Waals surface area contributed by atoms with Crippen LogP contribution >= 0.6 is 0 Å². The lowest BCUT2D eigenvalue weighted by atomic mass is 9.82. The van der Waals surface area contributed by atoms with Crippen LogP contribution in [0, 0.1) is 17.8 Å². The molecule has 2 saturated carbocycles. The second kappa shape index (κ2) is 2.01. The summed E-state index contributed by atoms with van der Waals surface area (Å²) in [6.07, 6.45) is 6.02. The highest BCUT2D eigenvalue weighted by Crippen LogP contribution is 2.49. The van der Waals surface area contributed by atoms with E-state index in [0.29, 0.717) is 0 Å². The highest BCUT2D eigenvalue weighted by molar-refractivity contribution is 5.09. The molecule has 1 aliphatic heterocycles. The van der Waals surface area contributed by atoms with E-state index in [1.165, 1.54) is 25.7 Å². The van der Waals surface area contributed by atoms with E-state index in [2.05, 4.69) is 12.2 Å². The average Bonchev–Trinajstić information content (AvgIpc) is 2.67. The smallest absolute Gasteiger partial charge is 0.0255 e. The van der Waals surface area contributed by atoms with Gasteiger partial charge in [-0.1, -0.05) is 6.92 Å². The molecule has 0 aromatic carbocycles. The predicted octanol–water partition coefficient (Wildman–Crippen LogP) is 1.78. The molecule has 1 nitrogen and oxygen atoms in total. The molecule has 3 rings (SSSR count). The third kappa shape index (κ3) is 0.868. The maximum atomic E-state index is 3.62. The fraction of sp³-hybridized carbons (Fsp3) is 1.00. The third-order valence-corrected chi connectivity index (χ3v) is 4.03. The Morgan fingerprint density at radius 1 is 1.18 bits per heavy atom. The fourth-order valence-corrected chi connectivity index (χ4v) is 3.49. The van der Waals surface area contributed by atoms with E-state index in [0.717, 1.165) is 29.8 Å². The Kier molecular flexibility index (Phi) is 1.18. The summed E-state index contributed by atoms with van der Waals surface area (Å²) >= 11 is 0. The summed E-state index contributed by atoms with van der Waals surface area (Å²) in [5.74, 6) is 3.19. The van der Waals surface area contributed by atoms with Gasteiger partial charge in [-0.05, 0) is 43.4 Å². The van der Waals surface area contributed by atoms with Gasteiger partial charge in [-0.3, -0.25) is 0 Å². The highest BCUT2D eigenvalue weighted by atomic mass is 15.2. The molecule has 1 heteroatoms. The van der Waals surface area contributed by atoms with Gasteiger partial charge in [-0.2, -0.15) is 0 Å². The second-order valence-corrected chi connectivity index (χ2v) is 4.88. The van der Waals surface area contributed by atoms with Crippen molar-refractivity contribution in [2.24, 2.45) is 17.8 Å². The molecule has 3 aliphatic rings. The van der Waals surface area contributed by atoms with Crippen LogP contribution in [0.15, 0.2) is 0 Å². The Morgan fingerprint density at radius 2 is 2.09 bits per heavy atom.